The highest BCUT2D eigenvalue weighted by Gasteiger charge is 2.50. The minimum Gasteiger partial charge on any atom is -0.480 e. The topological polar surface area (TPSA) is 173 Å². The van der Waals surface area contributed by atoms with Crippen LogP contribution in [0, 0.1) is 0 Å². The predicted molar refractivity (Wildman–Crippen MR) is 107 cm³/mol. The number of aromatic nitrogens is 1. The van der Waals surface area contributed by atoms with Crippen molar-refractivity contribution in [3.05, 3.63) is 11.1 Å². The van der Waals surface area contributed by atoms with E-state index in [0.717, 1.165) is 11.3 Å². The van der Waals surface area contributed by atoms with E-state index >= 15 is 0 Å². The number of carboxylic acids is 1. The molecule has 0 spiro atoms. The van der Waals surface area contributed by atoms with Crippen molar-refractivity contribution in [2.45, 2.75) is 31.6 Å². The van der Waals surface area contributed by atoms with Crippen LogP contribution in [0.3, 0.4) is 0 Å². The van der Waals surface area contributed by atoms with Crippen molar-refractivity contribution in [1.82, 2.24) is 15.6 Å². The molecule has 0 aromatic carbocycles. The van der Waals surface area contributed by atoms with E-state index in [0.29, 0.717) is 0 Å². The van der Waals surface area contributed by atoms with Gasteiger partial charge in [0.2, 0.25) is 17.7 Å². The summed E-state index contributed by atoms with van der Waals surface area (Å²) in [6, 6.07) is -2.68. The molecule has 1 aromatic rings. The molecule has 4 N–H and O–H groups in total. The van der Waals surface area contributed by atoms with Crippen LogP contribution in [0.4, 0.5) is 5.13 Å². The Hall–Kier alpha value is -2.05. The van der Waals surface area contributed by atoms with Gasteiger partial charge in [-0.2, -0.15) is 0 Å². The molecule has 1 aromatic heterocycles. The number of halogens is 1. The van der Waals surface area contributed by atoms with Crippen LogP contribution in [0.25, 0.3) is 0 Å². The summed E-state index contributed by atoms with van der Waals surface area (Å²) in [4.78, 5) is 51.4. The smallest absolute Gasteiger partial charge is 0.349 e. The molecule has 1 fully saturated rings. The van der Waals surface area contributed by atoms with Crippen molar-refractivity contribution in [3.63, 3.8) is 0 Å². The number of carbonyl (C=O) groups is 4. The second-order valence-electron chi connectivity index (χ2n) is 5.85. The number of nitrogens with one attached hydrogen (secondary N) is 3. The molecular weight excluding hydrogens is 463 g/mol. The number of nitrogens with zero attached hydrogens (tertiary/aromatic N) is 1. The Morgan fingerprint density at radius 2 is 2.00 bits per heavy atom. The zero-order chi connectivity index (χ0) is 22.5. The second kappa shape index (κ2) is 10.3. The van der Waals surface area contributed by atoms with E-state index in [1.165, 1.54) is 5.38 Å². The Bertz CT molecular complexity index is 871. The van der Waals surface area contributed by atoms with Crippen LogP contribution >= 0.6 is 30.5 Å². The fraction of sp³-hybridized carbons (Fsp3) is 0.533. The maximum atomic E-state index is 13.4. The third kappa shape index (κ3) is 5.35. The van der Waals surface area contributed by atoms with Gasteiger partial charge >= 0.3 is 13.6 Å². The van der Waals surface area contributed by atoms with Gasteiger partial charge in [-0.15, -0.1) is 22.9 Å². The Morgan fingerprint density at radius 1 is 1.37 bits per heavy atom. The normalized spacial score (nSPS) is 19.4. The lowest BCUT2D eigenvalue weighted by Gasteiger charge is -2.35. The van der Waals surface area contributed by atoms with Crippen molar-refractivity contribution in [2.75, 3.05) is 24.4 Å². The molecule has 2 rings (SSSR count). The number of thiazole rings is 1. The maximum absolute atomic E-state index is 13.4. The van der Waals surface area contributed by atoms with Crippen molar-refractivity contribution in [1.29, 1.82) is 0 Å². The first kappa shape index (κ1) is 24.2. The van der Waals surface area contributed by atoms with Gasteiger partial charge in [-0.05, 0) is 13.8 Å². The molecule has 166 valence electrons. The SMILES string of the molecule is CCOP(=O)(OCC)C(C(=O)NC1C(=O)NC1C(=O)O)c1csc(NC(=O)CCl)n1. The third-order valence-corrected chi connectivity index (χ3v) is 7.22. The van der Waals surface area contributed by atoms with Gasteiger partial charge in [0.25, 0.3) is 0 Å². The van der Waals surface area contributed by atoms with Gasteiger partial charge in [0, 0.05) is 5.38 Å². The monoisotopic (exact) mass is 482 g/mol. The average Bonchev–Trinajstić information content (AvgIpc) is 3.11. The predicted octanol–water partition coefficient (Wildman–Crippen LogP) is 0.695. The van der Waals surface area contributed by atoms with E-state index in [1.54, 1.807) is 13.8 Å². The minimum absolute atomic E-state index is 0.0424. The number of hydrogen-bond donors (Lipinski definition) is 4. The van der Waals surface area contributed by atoms with Crippen molar-refractivity contribution < 1.29 is 37.9 Å². The molecule has 1 aliphatic heterocycles. The highest BCUT2D eigenvalue weighted by Crippen LogP contribution is 2.61. The largest absolute Gasteiger partial charge is 0.480 e. The van der Waals surface area contributed by atoms with E-state index in [1.807, 2.05) is 0 Å². The number of amides is 3. The minimum atomic E-state index is -4.13. The van der Waals surface area contributed by atoms with E-state index < -0.39 is 49.0 Å². The third-order valence-electron chi connectivity index (χ3n) is 3.83. The van der Waals surface area contributed by atoms with Crippen molar-refractivity contribution in [2.24, 2.45) is 0 Å². The Kier molecular flexibility index (Phi) is 8.33. The standard InChI is InChI=1S/C15H20ClN4O8PS/c1-3-27-29(26,28-4-2)11(7-6-30-15(17-7)18-8(21)5-16)13(23)19-9-10(14(24)25)20-12(9)22/h6,9-11H,3-5H2,1-2H3,(H,19,23)(H,20,22)(H,24,25)(H,17,18,21). The summed E-state index contributed by atoms with van der Waals surface area (Å²) in [7, 11) is -4.13. The van der Waals surface area contributed by atoms with Gasteiger partial charge in [0.15, 0.2) is 16.8 Å². The molecule has 0 bridgehead atoms. The summed E-state index contributed by atoms with van der Waals surface area (Å²) in [6.45, 7) is 2.99. The fourth-order valence-corrected chi connectivity index (χ4v) is 5.41. The van der Waals surface area contributed by atoms with Gasteiger partial charge < -0.3 is 30.1 Å². The lowest BCUT2D eigenvalue weighted by atomic mass is 9.99. The van der Waals surface area contributed by atoms with E-state index in [9.17, 15) is 23.7 Å². The average molecular weight is 483 g/mol. The van der Waals surface area contributed by atoms with Gasteiger partial charge in [-0.3, -0.25) is 18.9 Å². The molecule has 30 heavy (non-hydrogen) atoms. The van der Waals surface area contributed by atoms with Crippen LogP contribution in [-0.4, -0.2) is 65.0 Å². The number of anilines is 1. The van der Waals surface area contributed by atoms with Crippen LogP contribution in [0.15, 0.2) is 5.38 Å². The number of carboxylic acid groups (broad SMARTS) is 1. The molecule has 0 radical (unpaired) electrons. The van der Waals surface area contributed by atoms with Crippen LogP contribution in [-0.2, 0) is 32.8 Å². The van der Waals surface area contributed by atoms with Crippen LogP contribution < -0.4 is 16.0 Å². The van der Waals surface area contributed by atoms with Crippen LogP contribution in [0.2, 0.25) is 0 Å². The summed E-state index contributed by atoms with van der Waals surface area (Å²) >= 11 is 6.39. The Morgan fingerprint density at radius 3 is 2.50 bits per heavy atom. The van der Waals surface area contributed by atoms with E-state index in [2.05, 4.69) is 20.9 Å². The quantitative estimate of drug-likeness (QED) is 0.201. The fourth-order valence-electron chi connectivity index (χ4n) is 2.57. The zero-order valence-electron chi connectivity index (χ0n) is 15.9. The molecule has 1 saturated heterocycles. The molecule has 3 unspecified atom stereocenters. The lowest BCUT2D eigenvalue weighted by molar-refractivity contribution is -0.151. The van der Waals surface area contributed by atoms with E-state index in [4.69, 9.17) is 25.8 Å². The molecule has 0 aliphatic carbocycles. The molecule has 12 nitrogen and oxygen atoms in total. The molecule has 1 aliphatic rings. The molecule has 2 heterocycles. The van der Waals surface area contributed by atoms with Crippen molar-refractivity contribution >= 4 is 59.4 Å². The number of β-lactam (4-membered cyclic amide) rings is 1. The Balaban J connectivity index is 2.37. The first-order chi connectivity index (χ1) is 14.2. The number of alkyl halides is 1. The summed E-state index contributed by atoms with van der Waals surface area (Å²) in [5.74, 6) is -3.86. The zero-order valence-corrected chi connectivity index (χ0v) is 18.4. The molecule has 3 amide bonds. The van der Waals surface area contributed by atoms with Gasteiger partial charge in [-0.25, -0.2) is 9.78 Å². The summed E-state index contributed by atoms with van der Waals surface area (Å²) in [5, 5.41) is 17.4. The highest BCUT2D eigenvalue weighted by atomic mass is 35.5. The van der Waals surface area contributed by atoms with Crippen LogP contribution in [0.1, 0.15) is 25.2 Å². The molecular formula is C15H20ClN4O8PS. The Labute approximate surface area is 180 Å². The summed E-state index contributed by atoms with van der Waals surface area (Å²) in [6.07, 6.45) is 0. The summed E-state index contributed by atoms with van der Waals surface area (Å²) in [5.41, 5.74) is -1.64. The van der Waals surface area contributed by atoms with Gasteiger partial charge in [0.1, 0.15) is 11.9 Å². The first-order valence-electron chi connectivity index (χ1n) is 8.70. The highest BCUT2D eigenvalue weighted by molar-refractivity contribution is 7.55. The lowest BCUT2D eigenvalue weighted by Crippen LogP contribution is -2.72. The molecule has 3 atom stereocenters. The van der Waals surface area contributed by atoms with Gasteiger partial charge in [-0.1, -0.05) is 0 Å². The van der Waals surface area contributed by atoms with Crippen molar-refractivity contribution in [3.8, 4) is 0 Å². The number of rotatable bonds is 11. The van der Waals surface area contributed by atoms with Gasteiger partial charge in [0.05, 0.1) is 18.9 Å². The molecule has 15 heteroatoms. The number of carbonyl (C=O) groups excluding carboxylic acids is 3. The van der Waals surface area contributed by atoms with E-state index in [-0.39, 0.29) is 29.9 Å². The second-order valence-corrected chi connectivity index (χ2v) is 9.09. The maximum Gasteiger partial charge on any atom is 0.349 e. The first-order valence-corrected chi connectivity index (χ1v) is 11.7. The summed E-state index contributed by atoms with van der Waals surface area (Å²) < 4.78 is 23.9. The van der Waals surface area contributed by atoms with Crippen LogP contribution in [0.5, 0.6) is 0 Å². The number of aliphatic carboxylic acids is 1. The number of hydrogen-bond acceptors (Lipinski definition) is 9. The molecule has 0 saturated carbocycles.